The molecule has 2 N–H and O–H groups in total. The van der Waals surface area contributed by atoms with Gasteiger partial charge in [-0.15, -0.1) is 0 Å². The van der Waals surface area contributed by atoms with Crippen LogP contribution in [-0.2, 0) is 14.4 Å². The Morgan fingerprint density at radius 3 is 2.59 bits per heavy atom. The van der Waals surface area contributed by atoms with E-state index in [1.165, 1.54) is 4.90 Å². The molecule has 92 valence electrons. The zero-order valence-electron chi connectivity index (χ0n) is 9.18. The van der Waals surface area contributed by atoms with Crippen LogP contribution in [0.2, 0.25) is 0 Å². The number of carbonyl (C=O) groups is 3. The predicted octanol–water partition coefficient (Wildman–Crippen LogP) is -0.672. The maximum Gasteiger partial charge on any atom is 0.323 e. The zero-order chi connectivity index (χ0) is 12.4. The molecule has 1 aliphatic heterocycles. The molecule has 1 aliphatic carbocycles. The van der Waals surface area contributed by atoms with Crippen LogP contribution in [0, 0.1) is 0 Å². The van der Waals surface area contributed by atoms with Crippen molar-refractivity contribution < 1.29 is 19.5 Å². The summed E-state index contributed by atoms with van der Waals surface area (Å²) in [6.45, 7) is -0.309. The minimum absolute atomic E-state index is 0.0129. The van der Waals surface area contributed by atoms with Crippen LogP contribution in [-0.4, -0.2) is 46.1 Å². The summed E-state index contributed by atoms with van der Waals surface area (Å²) in [7, 11) is 0. The van der Waals surface area contributed by atoms with Gasteiger partial charge in [-0.1, -0.05) is 0 Å². The number of hydrazone groups is 1. The Hall–Kier alpha value is -1.92. The van der Waals surface area contributed by atoms with Crippen molar-refractivity contribution in [2.75, 3.05) is 6.54 Å². The van der Waals surface area contributed by atoms with Crippen LogP contribution >= 0.6 is 0 Å². The smallest absolute Gasteiger partial charge is 0.323 e. The lowest BCUT2D eigenvalue weighted by atomic mass is 10.1. The SMILES string of the molecule is O=C(O)CN(C(=O)C1=NNC(=O)CC1)C1CC1. The Morgan fingerprint density at radius 2 is 2.12 bits per heavy atom. The van der Waals surface area contributed by atoms with Crippen LogP contribution in [0.15, 0.2) is 5.10 Å². The number of carboxylic acid groups (broad SMARTS) is 1. The van der Waals surface area contributed by atoms with Crippen molar-refractivity contribution in [1.29, 1.82) is 0 Å². The van der Waals surface area contributed by atoms with Gasteiger partial charge in [0.2, 0.25) is 5.91 Å². The molecular formula is C10H13N3O4. The van der Waals surface area contributed by atoms with Crippen molar-refractivity contribution in [3.05, 3.63) is 0 Å². The summed E-state index contributed by atoms with van der Waals surface area (Å²) >= 11 is 0. The standard InChI is InChI=1S/C10H13N3O4/c14-8-4-3-7(11-12-8)10(17)13(5-9(15)16)6-1-2-6/h6H,1-5H2,(H,12,14)(H,15,16). The first-order valence-corrected chi connectivity index (χ1v) is 5.46. The summed E-state index contributed by atoms with van der Waals surface area (Å²) in [5, 5.41) is 12.4. The lowest BCUT2D eigenvalue weighted by Gasteiger charge is -2.22. The highest BCUT2D eigenvalue weighted by molar-refractivity contribution is 6.39. The van der Waals surface area contributed by atoms with Crippen molar-refractivity contribution in [2.45, 2.75) is 31.7 Å². The van der Waals surface area contributed by atoms with Gasteiger partial charge in [0, 0.05) is 18.9 Å². The number of aliphatic carboxylic acids is 1. The summed E-state index contributed by atoms with van der Waals surface area (Å²) < 4.78 is 0. The topological polar surface area (TPSA) is 99.1 Å². The van der Waals surface area contributed by atoms with Gasteiger partial charge in [0.05, 0.1) is 0 Å². The van der Waals surface area contributed by atoms with E-state index in [0.717, 1.165) is 12.8 Å². The van der Waals surface area contributed by atoms with Crippen LogP contribution in [0.1, 0.15) is 25.7 Å². The highest BCUT2D eigenvalue weighted by atomic mass is 16.4. The Labute approximate surface area is 97.5 Å². The molecule has 0 spiro atoms. The molecule has 1 heterocycles. The van der Waals surface area contributed by atoms with Gasteiger partial charge in [0.1, 0.15) is 12.3 Å². The van der Waals surface area contributed by atoms with E-state index in [1.54, 1.807) is 0 Å². The molecule has 0 bridgehead atoms. The Bertz CT molecular complexity index is 400. The van der Waals surface area contributed by atoms with E-state index in [4.69, 9.17) is 5.11 Å². The molecule has 0 radical (unpaired) electrons. The molecule has 1 fully saturated rings. The fraction of sp³-hybridized carbons (Fsp3) is 0.600. The molecule has 7 nitrogen and oxygen atoms in total. The van der Waals surface area contributed by atoms with Gasteiger partial charge in [-0.05, 0) is 12.8 Å². The van der Waals surface area contributed by atoms with Crippen LogP contribution in [0.3, 0.4) is 0 Å². The molecule has 0 aromatic rings. The highest BCUT2D eigenvalue weighted by Gasteiger charge is 2.36. The highest BCUT2D eigenvalue weighted by Crippen LogP contribution is 2.27. The maximum atomic E-state index is 12.0. The Balaban J connectivity index is 2.05. The van der Waals surface area contributed by atoms with Crippen LogP contribution in [0.25, 0.3) is 0 Å². The van der Waals surface area contributed by atoms with Gasteiger partial charge in [-0.25, -0.2) is 5.43 Å². The quantitative estimate of drug-likeness (QED) is 0.679. The first-order valence-electron chi connectivity index (χ1n) is 5.46. The van der Waals surface area contributed by atoms with Crippen molar-refractivity contribution >= 4 is 23.5 Å². The maximum absolute atomic E-state index is 12.0. The van der Waals surface area contributed by atoms with Gasteiger partial charge in [-0.2, -0.15) is 5.10 Å². The third-order valence-corrected chi connectivity index (χ3v) is 2.71. The van der Waals surface area contributed by atoms with E-state index in [-0.39, 0.29) is 43.0 Å². The van der Waals surface area contributed by atoms with Crippen LogP contribution in [0.5, 0.6) is 0 Å². The molecule has 7 heteroatoms. The average molecular weight is 239 g/mol. The number of hydrogen-bond acceptors (Lipinski definition) is 4. The molecule has 1 saturated carbocycles. The number of carboxylic acids is 1. The fourth-order valence-corrected chi connectivity index (χ4v) is 1.69. The number of nitrogens with zero attached hydrogens (tertiary/aromatic N) is 2. The van der Waals surface area contributed by atoms with Crippen LogP contribution in [0.4, 0.5) is 0 Å². The molecule has 0 unspecified atom stereocenters. The summed E-state index contributed by atoms with van der Waals surface area (Å²) in [4.78, 5) is 34.9. The molecule has 2 rings (SSSR count). The second-order valence-corrected chi connectivity index (χ2v) is 4.15. The second-order valence-electron chi connectivity index (χ2n) is 4.15. The predicted molar refractivity (Wildman–Crippen MR) is 57.2 cm³/mol. The first-order chi connectivity index (χ1) is 8.08. The molecule has 0 saturated heterocycles. The second kappa shape index (κ2) is 4.52. The molecule has 2 aliphatic rings. The lowest BCUT2D eigenvalue weighted by Crippen LogP contribution is -2.43. The third-order valence-electron chi connectivity index (χ3n) is 2.71. The van der Waals surface area contributed by atoms with E-state index < -0.39 is 5.97 Å². The Kier molecular flexibility index (Phi) is 3.08. The first kappa shape index (κ1) is 11.6. The van der Waals surface area contributed by atoms with Crippen molar-refractivity contribution in [1.82, 2.24) is 10.3 Å². The molecule has 0 aromatic heterocycles. The lowest BCUT2D eigenvalue weighted by molar-refractivity contribution is -0.142. The van der Waals surface area contributed by atoms with Gasteiger partial charge in [0.15, 0.2) is 0 Å². The van der Waals surface area contributed by atoms with E-state index >= 15 is 0 Å². The Morgan fingerprint density at radius 1 is 1.41 bits per heavy atom. The van der Waals surface area contributed by atoms with Gasteiger partial charge < -0.3 is 10.0 Å². The molecule has 17 heavy (non-hydrogen) atoms. The number of hydrogen-bond donors (Lipinski definition) is 2. The minimum Gasteiger partial charge on any atom is -0.480 e. The molecule has 0 aromatic carbocycles. The number of carbonyl (C=O) groups excluding carboxylic acids is 2. The van der Waals surface area contributed by atoms with E-state index in [2.05, 4.69) is 10.5 Å². The van der Waals surface area contributed by atoms with E-state index in [9.17, 15) is 14.4 Å². The summed E-state index contributed by atoms with van der Waals surface area (Å²) in [5.74, 6) is -1.64. The van der Waals surface area contributed by atoms with E-state index in [1.807, 2.05) is 0 Å². The van der Waals surface area contributed by atoms with E-state index in [0.29, 0.717) is 0 Å². The normalized spacial score (nSPS) is 19.3. The molecule has 0 atom stereocenters. The molecular weight excluding hydrogens is 226 g/mol. The van der Waals surface area contributed by atoms with Crippen molar-refractivity contribution in [3.63, 3.8) is 0 Å². The third kappa shape index (κ3) is 2.80. The summed E-state index contributed by atoms with van der Waals surface area (Å²) in [6.07, 6.45) is 2.15. The zero-order valence-corrected chi connectivity index (χ0v) is 9.18. The minimum atomic E-state index is -1.04. The van der Waals surface area contributed by atoms with Gasteiger partial charge in [0.25, 0.3) is 5.91 Å². The summed E-state index contributed by atoms with van der Waals surface area (Å²) in [5.41, 5.74) is 2.47. The molecule has 2 amide bonds. The number of rotatable bonds is 4. The number of amides is 2. The van der Waals surface area contributed by atoms with Crippen molar-refractivity contribution in [2.24, 2.45) is 5.10 Å². The van der Waals surface area contributed by atoms with Gasteiger partial charge >= 0.3 is 5.97 Å². The largest absolute Gasteiger partial charge is 0.480 e. The van der Waals surface area contributed by atoms with Gasteiger partial charge in [-0.3, -0.25) is 14.4 Å². The van der Waals surface area contributed by atoms with Crippen molar-refractivity contribution in [3.8, 4) is 0 Å². The monoisotopic (exact) mass is 239 g/mol. The fourth-order valence-electron chi connectivity index (χ4n) is 1.69. The van der Waals surface area contributed by atoms with Crippen LogP contribution < -0.4 is 5.43 Å². The number of nitrogens with one attached hydrogen (secondary N) is 1. The summed E-state index contributed by atoms with van der Waals surface area (Å²) in [6, 6.07) is 0.0129. The average Bonchev–Trinajstić information content (AvgIpc) is 3.09.